The van der Waals surface area contributed by atoms with Gasteiger partial charge in [-0.1, -0.05) is 12.8 Å². The van der Waals surface area contributed by atoms with Crippen LogP contribution in [-0.4, -0.2) is 46.5 Å². The van der Waals surface area contributed by atoms with Crippen LogP contribution in [0.1, 0.15) is 44.9 Å². The minimum absolute atomic E-state index is 0.155. The predicted molar refractivity (Wildman–Crippen MR) is 59.7 cm³/mol. The van der Waals surface area contributed by atoms with Crippen molar-refractivity contribution in [2.45, 2.75) is 63.1 Å². The summed E-state index contributed by atoms with van der Waals surface area (Å²) in [5, 5.41) is 19.3. The van der Waals surface area contributed by atoms with Gasteiger partial charge < -0.3 is 10.2 Å². The number of nitrogens with zero attached hydrogens (tertiary/aromatic N) is 1. The Morgan fingerprint density at radius 2 is 1.87 bits per heavy atom. The highest BCUT2D eigenvalue weighted by Crippen LogP contribution is 2.29. The molecule has 1 aliphatic carbocycles. The summed E-state index contributed by atoms with van der Waals surface area (Å²) < 4.78 is 0. The second-order valence-electron chi connectivity index (χ2n) is 4.99. The van der Waals surface area contributed by atoms with Gasteiger partial charge in [0, 0.05) is 12.1 Å². The van der Waals surface area contributed by atoms with Crippen LogP contribution in [0.5, 0.6) is 0 Å². The zero-order valence-corrected chi connectivity index (χ0v) is 9.44. The van der Waals surface area contributed by atoms with Gasteiger partial charge in [0.25, 0.3) is 0 Å². The molecule has 3 heteroatoms. The third kappa shape index (κ3) is 2.52. The number of rotatable bonds is 2. The monoisotopic (exact) mass is 213 g/mol. The fourth-order valence-electron chi connectivity index (χ4n) is 3.14. The van der Waals surface area contributed by atoms with Gasteiger partial charge in [0.15, 0.2) is 0 Å². The molecular weight excluding hydrogens is 190 g/mol. The molecule has 1 unspecified atom stereocenters. The molecule has 0 aromatic carbocycles. The Morgan fingerprint density at radius 1 is 1.00 bits per heavy atom. The lowest BCUT2D eigenvalue weighted by molar-refractivity contribution is 0.0250. The van der Waals surface area contributed by atoms with Crippen molar-refractivity contribution in [1.29, 1.82) is 0 Å². The summed E-state index contributed by atoms with van der Waals surface area (Å²) >= 11 is 0. The molecule has 1 saturated carbocycles. The van der Waals surface area contributed by atoms with Crippen molar-refractivity contribution in [3.8, 4) is 0 Å². The van der Waals surface area contributed by atoms with E-state index in [1.165, 1.54) is 19.3 Å². The molecular formula is C12H23NO2. The highest BCUT2D eigenvalue weighted by atomic mass is 16.3. The Labute approximate surface area is 92.1 Å². The zero-order valence-electron chi connectivity index (χ0n) is 9.44. The molecule has 0 bridgehead atoms. The van der Waals surface area contributed by atoms with Gasteiger partial charge in [-0.3, -0.25) is 4.90 Å². The normalized spacial score (nSPS) is 39.2. The Balaban J connectivity index is 2.02. The summed E-state index contributed by atoms with van der Waals surface area (Å²) in [7, 11) is 0. The van der Waals surface area contributed by atoms with E-state index in [4.69, 9.17) is 0 Å². The van der Waals surface area contributed by atoms with E-state index >= 15 is 0 Å². The summed E-state index contributed by atoms with van der Waals surface area (Å²) in [4.78, 5) is 2.38. The van der Waals surface area contributed by atoms with Crippen molar-refractivity contribution in [1.82, 2.24) is 4.90 Å². The minimum atomic E-state index is -0.155. The third-order valence-corrected chi connectivity index (χ3v) is 4.00. The van der Waals surface area contributed by atoms with Gasteiger partial charge >= 0.3 is 0 Å². The lowest BCUT2D eigenvalue weighted by Crippen LogP contribution is -2.48. The Bertz CT molecular complexity index is 198. The van der Waals surface area contributed by atoms with E-state index in [1.807, 2.05) is 0 Å². The van der Waals surface area contributed by atoms with Gasteiger partial charge in [0.1, 0.15) is 0 Å². The van der Waals surface area contributed by atoms with Crippen LogP contribution in [0.15, 0.2) is 0 Å². The lowest BCUT2D eigenvalue weighted by Gasteiger charge is -2.35. The number of likely N-dealkylation sites (tertiary alicyclic amines) is 1. The van der Waals surface area contributed by atoms with Crippen LogP contribution in [0.25, 0.3) is 0 Å². The summed E-state index contributed by atoms with van der Waals surface area (Å²) in [6, 6.07) is 0.616. The number of hydrogen-bond donors (Lipinski definition) is 2. The quantitative estimate of drug-likeness (QED) is 0.723. The SMILES string of the molecule is OCC1CCCCCN1[C@@H]1CCC[C@H]1O. The maximum Gasteiger partial charge on any atom is 0.0695 e. The molecule has 2 aliphatic rings. The molecule has 3 atom stereocenters. The smallest absolute Gasteiger partial charge is 0.0695 e. The van der Waals surface area contributed by atoms with Crippen LogP contribution >= 0.6 is 0 Å². The first kappa shape index (κ1) is 11.4. The van der Waals surface area contributed by atoms with Crippen LogP contribution in [-0.2, 0) is 0 Å². The maximum absolute atomic E-state index is 9.92. The maximum atomic E-state index is 9.92. The van der Waals surface area contributed by atoms with Gasteiger partial charge in [-0.15, -0.1) is 0 Å². The first-order chi connectivity index (χ1) is 7.33. The van der Waals surface area contributed by atoms with E-state index < -0.39 is 0 Å². The van der Waals surface area contributed by atoms with Crippen LogP contribution in [0.3, 0.4) is 0 Å². The van der Waals surface area contributed by atoms with Crippen molar-refractivity contribution in [3.63, 3.8) is 0 Å². The van der Waals surface area contributed by atoms with E-state index in [2.05, 4.69) is 4.90 Å². The van der Waals surface area contributed by atoms with Crippen molar-refractivity contribution in [2.75, 3.05) is 13.2 Å². The van der Waals surface area contributed by atoms with Crippen molar-refractivity contribution < 1.29 is 10.2 Å². The average Bonchev–Trinajstić information content (AvgIpc) is 2.54. The fraction of sp³-hybridized carbons (Fsp3) is 1.00. The summed E-state index contributed by atoms with van der Waals surface area (Å²) in [6.45, 7) is 1.32. The third-order valence-electron chi connectivity index (χ3n) is 4.00. The van der Waals surface area contributed by atoms with E-state index in [0.29, 0.717) is 12.1 Å². The minimum Gasteiger partial charge on any atom is -0.395 e. The standard InChI is InChI=1S/C12H23NO2/c14-9-10-5-2-1-3-8-13(10)11-6-4-7-12(11)15/h10-12,14-15H,1-9H2/t10?,11-,12-/m1/s1. The van der Waals surface area contributed by atoms with Gasteiger partial charge in [-0.25, -0.2) is 0 Å². The first-order valence-corrected chi connectivity index (χ1v) is 6.37. The summed E-state index contributed by atoms with van der Waals surface area (Å²) in [5.41, 5.74) is 0. The number of aliphatic hydroxyl groups excluding tert-OH is 2. The molecule has 0 radical (unpaired) electrons. The van der Waals surface area contributed by atoms with E-state index in [-0.39, 0.29) is 12.7 Å². The van der Waals surface area contributed by atoms with Crippen molar-refractivity contribution in [3.05, 3.63) is 0 Å². The molecule has 0 aromatic rings. The molecule has 88 valence electrons. The van der Waals surface area contributed by atoms with Crippen LogP contribution in [0.4, 0.5) is 0 Å². The van der Waals surface area contributed by atoms with Gasteiger partial charge in [0.05, 0.1) is 12.7 Å². The predicted octanol–water partition coefficient (Wildman–Crippen LogP) is 1.14. The molecule has 1 saturated heterocycles. The molecule has 15 heavy (non-hydrogen) atoms. The summed E-state index contributed by atoms with van der Waals surface area (Å²) in [6.07, 6.45) is 7.86. The van der Waals surface area contributed by atoms with Crippen molar-refractivity contribution >= 4 is 0 Å². The molecule has 2 N–H and O–H groups in total. The zero-order chi connectivity index (χ0) is 10.7. The van der Waals surface area contributed by atoms with E-state index in [0.717, 1.165) is 32.2 Å². The highest BCUT2D eigenvalue weighted by Gasteiger charge is 2.34. The van der Waals surface area contributed by atoms with Gasteiger partial charge in [0.2, 0.25) is 0 Å². The van der Waals surface area contributed by atoms with E-state index in [1.54, 1.807) is 0 Å². The first-order valence-electron chi connectivity index (χ1n) is 6.37. The van der Waals surface area contributed by atoms with Crippen LogP contribution in [0.2, 0.25) is 0 Å². The topological polar surface area (TPSA) is 43.7 Å². The van der Waals surface area contributed by atoms with E-state index in [9.17, 15) is 10.2 Å². The van der Waals surface area contributed by atoms with Gasteiger partial charge in [-0.05, 0) is 38.6 Å². The van der Waals surface area contributed by atoms with Crippen LogP contribution in [0, 0.1) is 0 Å². The fourth-order valence-corrected chi connectivity index (χ4v) is 3.14. The Hall–Kier alpha value is -0.120. The number of hydrogen-bond acceptors (Lipinski definition) is 3. The summed E-state index contributed by atoms with van der Waals surface area (Å²) in [5.74, 6) is 0. The largest absolute Gasteiger partial charge is 0.395 e. The Morgan fingerprint density at radius 3 is 2.53 bits per heavy atom. The van der Waals surface area contributed by atoms with Gasteiger partial charge in [-0.2, -0.15) is 0 Å². The molecule has 1 aliphatic heterocycles. The molecule has 2 fully saturated rings. The molecule has 2 rings (SSSR count). The molecule has 0 amide bonds. The molecule has 3 nitrogen and oxygen atoms in total. The lowest BCUT2D eigenvalue weighted by atomic mass is 10.1. The number of aliphatic hydroxyl groups is 2. The highest BCUT2D eigenvalue weighted by molar-refractivity contribution is 4.89. The van der Waals surface area contributed by atoms with Crippen molar-refractivity contribution in [2.24, 2.45) is 0 Å². The van der Waals surface area contributed by atoms with Crippen LogP contribution < -0.4 is 0 Å². The average molecular weight is 213 g/mol. The molecule has 1 heterocycles. The molecule has 0 aromatic heterocycles. The Kier molecular flexibility index (Phi) is 4.00. The second-order valence-corrected chi connectivity index (χ2v) is 4.99. The second kappa shape index (κ2) is 5.28. The molecule has 0 spiro atoms.